The highest BCUT2D eigenvalue weighted by atomic mass is 79.9. The number of rotatable bonds is 2. The molecule has 0 radical (unpaired) electrons. The van der Waals surface area contributed by atoms with Crippen molar-refractivity contribution in [1.82, 2.24) is 4.98 Å². The van der Waals surface area contributed by atoms with Crippen molar-refractivity contribution in [1.29, 1.82) is 0 Å². The van der Waals surface area contributed by atoms with Gasteiger partial charge in [-0.3, -0.25) is 0 Å². The number of benzene rings is 1. The molecular formula is C10H6Br2ClNO. The lowest BCUT2D eigenvalue weighted by molar-refractivity contribution is 0.573. The van der Waals surface area contributed by atoms with E-state index in [2.05, 4.69) is 36.8 Å². The van der Waals surface area contributed by atoms with Crippen molar-refractivity contribution in [3.63, 3.8) is 0 Å². The van der Waals surface area contributed by atoms with E-state index in [0.717, 1.165) is 20.2 Å². The first-order valence-corrected chi connectivity index (χ1v) is 6.28. The molecule has 0 aliphatic rings. The molecule has 0 amide bonds. The number of hydrogen-bond donors (Lipinski definition) is 0. The molecule has 0 atom stereocenters. The SMILES string of the molecule is ClCc1coc(-c2cc(Br)cc(Br)c2)n1. The van der Waals surface area contributed by atoms with Gasteiger partial charge in [-0.1, -0.05) is 31.9 Å². The Morgan fingerprint density at radius 1 is 1.20 bits per heavy atom. The molecule has 0 unspecified atom stereocenters. The van der Waals surface area contributed by atoms with E-state index in [-0.39, 0.29) is 0 Å². The summed E-state index contributed by atoms with van der Waals surface area (Å²) in [6.07, 6.45) is 1.57. The fourth-order valence-corrected chi connectivity index (χ4v) is 2.59. The minimum absolute atomic E-state index is 0.360. The summed E-state index contributed by atoms with van der Waals surface area (Å²) < 4.78 is 7.25. The molecule has 0 N–H and O–H groups in total. The van der Waals surface area contributed by atoms with E-state index in [1.165, 1.54) is 0 Å². The summed E-state index contributed by atoms with van der Waals surface area (Å²) in [6.45, 7) is 0. The molecule has 1 heterocycles. The first-order chi connectivity index (χ1) is 7.19. The number of oxazole rings is 1. The molecule has 2 rings (SSSR count). The van der Waals surface area contributed by atoms with Crippen LogP contribution in [0, 0.1) is 0 Å². The Bertz CT molecular complexity index is 464. The molecule has 0 saturated carbocycles. The fraction of sp³-hybridized carbons (Fsp3) is 0.100. The van der Waals surface area contributed by atoms with Crippen LogP contribution in [0.5, 0.6) is 0 Å². The minimum atomic E-state index is 0.360. The average molecular weight is 351 g/mol. The average Bonchev–Trinajstić information content (AvgIpc) is 2.64. The maximum atomic E-state index is 5.65. The van der Waals surface area contributed by atoms with E-state index in [9.17, 15) is 0 Å². The maximum Gasteiger partial charge on any atom is 0.226 e. The van der Waals surface area contributed by atoms with Crippen molar-refractivity contribution in [3.05, 3.63) is 39.1 Å². The largest absolute Gasteiger partial charge is 0.444 e. The van der Waals surface area contributed by atoms with E-state index in [0.29, 0.717) is 11.8 Å². The van der Waals surface area contributed by atoms with Gasteiger partial charge < -0.3 is 4.42 Å². The number of hydrogen-bond acceptors (Lipinski definition) is 2. The highest BCUT2D eigenvalue weighted by Crippen LogP contribution is 2.27. The van der Waals surface area contributed by atoms with Crippen LogP contribution in [0.3, 0.4) is 0 Å². The molecule has 0 fully saturated rings. The summed E-state index contributed by atoms with van der Waals surface area (Å²) in [4.78, 5) is 4.24. The van der Waals surface area contributed by atoms with Crippen LogP contribution in [-0.2, 0) is 5.88 Å². The Hall–Kier alpha value is -0.320. The van der Waals surface area contributed by atoms with Gasteiger partial charge in [0.05, 0.1) is 11.6 Å². The third-order valence-corrected chi connectivity index (χ3v) is 2.99. The Morgan fingerprint density at radius 2 is 1.87 bits per heavy atom. The second kappa shape index (κ2) is 4.68. The molecule has 1 aromatic carbocycles. The van der Waals surface area contributed by atoms with Crippen LogP contribution in [0.25, 0.3) is 11.5 Å². The molecule has 78 valence electrons. The highest BCUT2D eigenvalue weighted by molar-refractivity contribution is 9.11. The molecule has 0 bridgehead atoms. The van der Waals surface area contributed by atoms with Crippen LogP contribution < -0.4 is 0 Å². The predicted octanol–water partition coefficient (Wildman–Crippen LogP) is 4.61. The molecule has 0 aliphatic carbocycles. The van der Waals surface area contributed by atoms with E-state index < -0.39 is 0 Å². The van der Waals surface area contributed by atoms with Crippen LogP contribution in [0.4, 0.5) is 0 Å². The summed E-state index contributed by atoms with van der Waals surface area (Å²) in [7, 11) is 0. The zero-order valence-corrected chi connectivity index (χ0v) is 11.4. The molecule has 2 aromatic rings. The molecule has 0 spiro atoms. The van der Waals surface area contributed by atoms with E-state index >= 15 is 0 Å². The number of alkyl halides is 1. The van der Waals surface area contributed by atoms with Crippen molar-refractivity contribution >= 4 is 43.5 Å². The van der Waals surface area contributed by atoms with Crippen molar-refractivity contribution in [2.45, 2.75) is 5.88 Å². The standard InChI is InChI=1S/C10H6Br2ClNO/c11-7-1-6(2-8(12)3-7)10-14-9(4-13)5-15-10/h1-3,5H,4H2. The summed E-state index contributed by atoms with van der Waals surface area (Å²) in [5.74, 6) is 0.936. The van der Waals surface area contributed by atoms with E-state index in [1.807, 2.05) is 18.2 Å². The molecule has 15 heavy (non-hydrogen) atoms. The zero-order chi connectivity index (χ0) is 10.8. The van der Waals surface area contributed by atoms with Crippen LogP contribution in [0.1, 0.15) is 5.69 Å². The lowest BCUT2D eigenvalue weighted by atomic mass is 10.2. The first kappa shape index (κ1) is 11.2. The minimum Gasteiger partial charge on any atom is -0.444 e. The summed E-state index contributed by atoms with van der Waals surface area (Å²) in [5, 5.41) is 0. The molecule has 1 aromatic heterocycles. The fourth-order valence-electron chi connectivity index (χ4n) is 1.18. The smallest absolute Gasteiger partial charge is 0.226 e. The van der Waals surface area contributed by atoms with E-state index in [4.69, 9.17) is 16.0 Å². The van der Waals surface area contributed by atoms with Crippen LogP contribution in [0.2, 0.25) is 0 Å². The van der Waals surface area contributed by atoms with Gasteiger partial charge in [-0.25, -0.2) is 4.98 Å². The van der Waals surface area contributed by atoms with Gasteiger partial charge in [0.1, 0.15) is 6.26 Å². The van der Waals surface area contributed by atoms with Gasteiger partial charge in [0.15, 0.2) is 0 Å². The van der Waals surface area contributed by atoms with Gasteiger partial charge in [-0.05, 0) is 18.2 Å². The molecular weight excluding hydrogens is 345 g/mol. The molecule has 0 saturated heterocycles. The highest BCUT2D eigenvalue weighted by Gasteiger charge is 2.07. The van der Waals surface area contributed by atoms with E-state index in [1.54, 1.807) is 6.26 Å². The number of aromatic nitrogens is 1. The third-order valence-electron chi connectivity index (χ3n) is 1.80. The topological polar surface area (TPSA) is 26.0 Å². The van der Waals surface area contributed by atoms with Gasteiger partial charge in [0, 0.05) is 14.5 Å². The molecule has 5 heteroatoms. The summed E-state index contributed by atoms with van der Waals surface area (Å²) in [6, 6.07) is 5.83. The summed E-state index contributed by atoms with van der Waals surface area (Å²) in [5.41, 5.74) is 1.65. The van der Waals surface area contributed by atoms with Gasteiger partial charge in [0.25, 0.3) is 0 Å². The molecule has 2 nitrogen and oxygen atoms in total. The van der Waals surface area contributed by atoms with Crippen molar-refractivity contribution < 1.29 is 4.42 Å². The van der Waals surface area contributed by atoms with Crippen LogP contribution in [0.15, 0.2) is 37.8 Å². The Morgan fingerprint density at radius 3 is 2.40 bits per heavy atom. The second-order valence-electron chi connectivity index (χ2n) is 2.94. The van der Waals surface area contributed by atoms with Gasteiger partial charge in [-0.2, -0.15) is 0 Å². The first-order valence-electron chi connectivity index (χ1n) is 4.16. The monoisotopic (exact) mass is 349 g/mol. The van der Waals surface area contributed by atoms with Crippen LogP contribution >= 0.6 is 43.5 Å². The third kappa shape index (κ3) is 2.62. The summed E-state index contributed by atoms with van der Waals surface area (Å²) >= 11 is 12.5. The Kier molecular flexibility index (Phi) is 3.49. The second-order valence-corrected chi connectivity index (χ2v) is 5.03. The maximum absolute atomic E-state index is 5.65. The lowest BCUT2D eigenvalue weighted by Crippen LogP contribution is -1.80. The van der Waals surface area contributed by atoms with Crippen molar-refractivity contribution in [2.75, 3.05) is 0 Å². The van der Waals surface area contributed by atoms with Crippen LogP contribution in [-0.4, -0.2) is 4.98 Å². The normalized spacial score (nSPS) is 10.6. The number of nitrogens with zero attached hydrogens (tertiary/aromatic N) is 1. The zero-order valence-electron chi connectivity index (χ0n) is 7.51. The molecule has 0 aliphatic heterocycles. The Balaban J connectivity index is 2.44. The predicted molar refractivity (Wildman–Crippen MR) is 66.9 cm³/mol. The Labute approximate surface area is 109 Å². The quantitative estimate of drug-likeness (QED) is 0.739. The number of halogens is 3. The van der Waals surface area contributed by atoms with Gasteiger partial charge in [-0.15, -0.1) is 11.6 Å². The van der Waals surface area contributed by atoms with Crippen molar-refractivity contribution in [3.8, 4) is 11.5 Å². The van der Waals surface area contributed by atoms with Crippen molar-refractivity contribution in [2.24, 2.45) is 0 Å². The van der Waals surface area contributed by atoms with Gasteiger partial charge >= 0.3 is 0 Å². The van der Waals surface area contributed by atoms with Gasteiger partial charge in [0.2, 0.25) is 5.89 Å². The lowest BCUT2D eigenvalue weighted by Gasteiger charge is -1.98.